The van der Waals surface area contributed by atoms with E-state index >= 15 is 0 Å². The summed E-state index contributed by atoms with van der Waals surface area (Å²) >= 11 is 0. The van der Waals surface area contributed by atoms with E-state index in [1.165, 1.54) is 6.20 Å². The van der Waals surface area contributed by atoms with Crippen molar-refractivity contribution in [2.45, 2.75) is 50.4 Å². The first-order valence-corrected chi connectivity index (χ1v) is 10.8. The summed E-state index contributed by atoms with van der Waals surface area (Å²) in [5, 5.41) is 7.52. The summed E-state index contributed by atoms with van der Waals surface area (Å²) in [7, 11) is 0. The molecule has 0 bridgehead atoms. The lowest BCUT2D eigenvalue weighted by Gasteiger charge is -2.28. The highest BCUT2D eigenvalue weighted by molar-refractivity contribution is 6.45. The quantitative estimate of drug-likeness (QED) is 0.396. The van der Waals surface area contributed by atoms with Crippen LogP contribution in [0.1, 0.15) is 42.4 Å². The molecule has 2 aliphatic rings. The van der Waals surface area contributed by atoms with Crippen molar-refractivity contribution in [3.63, 3.8) is 0 Å². The highest BCUT2D eigenvalue weighted by Crippen LogP contribution is 2.31. The van der Waals surface area contributed by atoms with Gasteiger partial charge in [0.05, 0.1) is 29.6 Å². The molecule has 1 aliphatic heterocycles. The third-order valence-corrected chi connectivity index (χ3v) is 5.79. The van der Waals surface area contributed by atoms with Crippen molar-refractivity contribution in [2.75, 3.05) is 13.2 Å². The van der Waals surface area contributed by atoms with E-state index in [0.29, 0.717) is 36.2 Å². The monoisotopic (exact) mass is 463 g/mol. The van der Waals surface area contributed by atoms with Crippen LogP contribution in [-0.4, -0.2) is 41.7 Å². The summed E-state index contributed by atoms with van der Waals surface area (Å²) in [6.07, 6.45) is 0.463. The van der Waals surface area contributed by atoms with Crippen molar-refractivity contribution in [1.82, 2.24) is 10.3 Å². The summed E-state index contributed by atoms with van der Waals surface area (Å²) in [5.74, 6) is 5.17. The maximum absolute atomic E-state index is 13.7. The highest BCUT2D eigenvalue weighted by atomic mass is 19.4. The minimum Gasteiger partial charge on any atom is -0.380 e. The minimum absolute atomic E-state index is 0.0227. The molecule has 1 saturated carbocycles. The van der Waals surface area contributed by atoms with Crippen LogP contribution in [0, 0.1) is 5.82 Å². The van der Waals surface area contributed by atoms with Crippen molar-refractivity contribution in [1.29, 1.82) is 0 Å². The Labute approximate surface area is 189 Å². The van der Waals surface area contributed by atoms with Gasteiger partial charge in [-0.25, -0.2) is 14.4 Å². The Hall–Kier alpha value is -2.85. The van der Waals surface area contributed by atoms with E-state index in [0.717, 1.165) is 43.7 Å². The molecule has 2 fully saturated rings. The van der Waals surface area contributed by atoms with E-state index in [9.17, 15) is 17.6 Å². The second kappa shape index (κ2) is 9.96. The largest absolute Gasteiger partial charge is 0.416 e. The number of nitrogens with two attached hydrogens (primary N) is 1. The summed E-state index contributed by atoms with van der Waals surface area (Å²) in [5.41, 5.74) is 1.29. The van der Waals surface area contributed by atoms with E-state index in [-0.39, 0.29) is 24.1 Å². The molecule has 0 radical (unpaired) electrons. The van der Waals surface area contributed by atoms with Crippen LogP contribution in [0.3, 0.4) is 0 Å². The van der Waals surface area contributed by atoms with Gasteiger partial charge < -0.3 is 15.9 Å². The number of pyridine rings is 1. The first-order chi connectivity index (χ1) is 15.8. The molecule has 10 heteroatoms. The Kier molecular flexibility index (Phi) is 7.04. The fourth-order valence-corrected chi connectivity index (χ4v) is 4.25. The Morgan fingerprint density at radius 3 is 2.73 bits per heavy atom. The molecule has 0 spiro atoms. The van der Waals surface area contributed by atoms with Crippen LogP contribution in [0.25, 0.3) is 0 Å². The fraction of sp³-hybridized carbons (Fsp3) is 0.435. The van der Waals surface area contributed by atoms with Crippen LogP contribution in [0.2, 0.25) is 0 Å². The number of aliphatic imine (C=N–C) groups is 1. The van der Waals surface area contributed by atoms with Crippen LogP contribution in [0.4, 0.5) is 23.4 Å². The van der Waals surface area contributed by atoms with Gasteiger partial charge in [0.1, 0.15) is 5.82 Å². The van der Waals surface area contributed by atoms with E-state index < -0.39 is 17.6 Å². The van der Waals surface area contributed by atoms with Crippen molar-refractivity contribution in [3.8, 4) is 0 Å². The number of hydrogen-bond acceptors (Lipinski definition) is 6. The van der Waals surface area contributed by atoms with E-state index in [2.05, 4.69) is 20.4 Å². The van der Waals surface area contributed by atoms with Gasteiger partial charge in [-0.2, -0.15) is 18.3 Å². The highest BCUT2D eigenvalue weighted by Gasteiger charge is 2.31. The average Bonchev–Trinajstić information content (AvgIpc) is 3.26. The normalized spacial score (nSPS) is 24.0. The van der Waals surface area contributed by atoms with Gasteiger partial charge in [0.15, 0.2) is 5.82 Å². The van der Waals surface area contributed by atoms with Crippen LogP contribution >= 0.6 is 0 Å². The minimum atomic E-state index is -4.61. The first-order valence-electron chi connectivity index (χ1n) is 10.8. The number of benzene rings is 1. The molecule has 1 aromatic carbocycles. The summed E-state index contributed by atoms with van der Waals surface area (Å²) in [4.78, 5) is 8.91. The van der Waals surface area contributed by atoms with Gasteiger partial charge in [-0.15, -0.1) is 0 Å². The molecule has 2 heterocycles. The Balaban J connectivity index is 1.53. The molecule has 1 aromatic heterocycles. The van der Waals surface area contributed by atoms with Gasteiger partial charge >= 0.3 is 6.18 Å². The van der Waals surface area contributed by atoms with Gasteiger partial charge in [-0.1, -0.05) is 0 Å². The number of halogens is 4. The predicted octanol–water partition coefficient (Wildman–Crippen LogP) is 4.15. The number of hydrogen-bond donors (Lipinski definition) is 2. The molecule has 4 rings (SSSR count). The second-order valence-corrected chi connectivity index (χ2v) is 8.29. The van der Waals surface area contributed by atoms with Gasteiger partial charge in [-0.05, 0) is 73.6 Å². The third kappa shape index (κ3) is 5.94. The van der Waals surface area contributed by atoms with Crippen LogP contribution in [0.5, 0.6) is 0 Å². The summed E-state index contributed by atoms with van der Waals surface area (Å²) < 4.78 is 58.2. The summed E-state index contributed by atoms with van der Waals surface area (Å²) in [6.45, 7) is 1.38. The molecule has 1 saturated heterocycles. The van der Waals surface area contributed by atoms with E-state index in [1.807, 2.05) is 0 Å². The number of aromatic nitrogens is 1. The number of alkyl halides is 3. The molecule has 176 valence electrons. The molecule has 6 nitrogen and oxygen atoms in total. The van der Waals surface area contributed by atoms with Crippen molar-refractivity contribution in [3.05, 3.63) is 59.0 Å². The molecule has 0 amide bonds. The summed E-state index contributed by atoms with van der Waals surface area (Å²) in [6, 6.07) is 6.13. The molecular weight excluding hydrogens is 438 g/mol. The average molecular weight is 463 g/mol. The van der Waals surface area contributed by atoms with Gasteiger partial charge in [0.25, 0.3) is 0 Å². The number of ether oxygens (including phenoxy) is 1. The number of nitrogens with zero attached hydrogens (tertiary/aromatic N) is 3. The van der Waals surface area contributed by atoms with Crippen molar-refractivity contribution >= 4 is 17.2 Å². The smallest absolute Gasteiger partial charge is 0.380 e. The Bertz CT molecular complexity index is 1050. The standard InChI is InChI=1S/C23H25F4N5O/c24-17-10-15(9-16(12-17)23(25,26)27)8-14-4-6-29-21(11-14)31-20-3-1-2-19(22(20)32-28)30-18-5-7-33-13-18/h4,6,9-12,18-19,30H,1-3,5,7-8,13,28H2/b31-20?,32-22-. The molecule has 2 atom stereocenters. The van der Waals surface area contributed by atoms with Crippen LogP contribution < -0.4 is 11.2 Å². The molecule has 2 unspecified atom stereocenters. The fourth-order valence-electron chi connectivity index (χ4n) is 4.25. The van der Waals surface area contributed by atoms with Gasteiger partial charge in [0, 0.05) is 18.8 Å². The number of nitrogens with one attached hydrogen (secondary N) is 1. The third-order valence-electron chi connectivity index (χ3n) is 5.79. The molecular formula is C23H25F4N5O. The van der Waals surface area contributed by atoms with Gasteiger partial charge in [-0.3, -0.25) is 0 Å². The first kappa shape index (κ1) is 23.3. The zero-order chi connectivity index (χ0) is 23.4. The molecule has 3 N–H and O–H groups in total. The lowest BCUT2D eigenvalue weighted by atomic mass is 9.90. The maximum Gasteiger partial charge on any atom is 0.416 e. The number of rotatable bonds is 5. The van der Waals surface area contributed by atoms with Crippen LogP contribution in [0.15, 0.2) is 46.6 Å². The number of hydrazone groups is 1. The topological polar surface area (TPSA) is 84.9 Å². The second-order valence-electron chi connectivity index (χ2n) is 8.29. The molecule has 1 aliphatic carbocycles. The van der Waals surface area contributed by atoms with Gasteiger partial charge in [0.2, 0.25) is 0 Å². The Morgan fingerprint density at radius 2 is 2.00 bits per heavy atom. The molecule has 33 heavy (non-hydrogen) atoms. The zero-order valence-corrected chi connectivity index (χ0v) is 17.9. The van der Waals surface area contributed by atoms with E-state index in [1.54, 1.807) is 12.1 Å². The lowest BCUT2D eigenvalue weighted by molar-refractivity contribution is -0.137. The van der Waals surface area contributed by atoms with E-state index in [4.69, 9.17) is 10.6 Å². The SMILES string of the molecule is N/N=C1\C(=Nc2cc(Cc3cc(F)cc(C(F)(F)F)c3)ccn2)CCCC1NC1CCOC1. The zero-order valence-electron chi connectivity index (χ0n) is 17.9. The van der Waals surface area contributed by atoms with Crippen molar-refractivity contribution in [2.24, 2.45) is 15.9 Å². The van der Waals surface area contributed by atoms with Crippen LogP contribution in [-0.2, 0) is 17.3 Å². The maximum atomic E-state index is 13.7. The lowest BCUT2D eigenvalue weighted by Crippen LogP contribution is -2.48. The Morgan fingerprint density at radius 1 is 1.15 bits per heavy atom. The predicted molar refractivity (Wildman–Crippen MR) is 117 cm³/mol. The van der Waals surface area contributed by atoms with Crippen molar-refractivity contribution < 1.29 is 22.3 Å². The molecule has 2 aromatic rings.